The number of nitrogens with zero attached hydrogens (tertiary/aromatic N) is 1. The quantitative estimate of drug-likeness (QED) is 0.746. The Kier molecular flexibility index (Phi) is 4.74. The Morgan fingerprint density at radius 1 is 1.22 bits per heavy atom. The van der Waals surface area contributed by atoms with Crippen molar-refractivity contribution in [2.24, 2.45) is 0 Å². The van der Waals surface area contributed by atoms with E-state index in [0.717, 1.165) is 21.8 Å². The number of thiazole rings is 1. The highest BCUT2D eigenvalue weighted by atomic mass is 35.5. The molecule has 0 aliphatic heterocycles. The van der Waals surface area contributed by atoms with Gasteiger partial charge in [-0.05, 0) is 30.7 Å². The van der Waals surface area contributed by atoms with Gasteiger partial charge in [0.1, 0.15) is 5.01 Å². The first-order chi connectivity index (χ1) is 11.1. The van der Waals surface area contributed by atoms with E-state index in [9.17, 15) is 4.79 Å². The third-order valence-corrected chi connectivity index (χ3v) is 4.62. The highest BCUT2D eigenvalue weighted by Crippen LogP contribution is 2.26. The average molecular weight is 343 g/mol. The van der Waals surface area contributed by atoms with Gasteiger partial charge in [0, 0.05) is 33.8 Å². The van der Waals surface area contributed by atoms with Gasteiger partial charge in [-0.25, -0.2) is 4.98 Å². The molecule has 0 atom stereocenters. The molecule has 1 N–H and O–H groups in total. The summed E-state index contributed by atoms with van der Waals surface area (Å²) in [6.07, 6.45) is 0. The minimum atomic E-state index is -0.141. The van der Waals surface area contributed by atoms with Gasteiger partial charge < -0.3 is 5.32 Å². The molecule has 3 aromatic rings. The number of nitrogens with one attached hydrogen (secondary N) is 1. The van der Waals surface area contributed by atoms with Crippen LogP contribution in [0.15, 0.2) is 53.9 Å². The summed E-state index contributed by atoms with van der Waals surface area (Å²) >= 11 is 7.53. The minimum absolute atomic E-state index is 0.141. The number of benzene rings is 2. The second kappa shape index (κ2) is 6.94. The highest BCUT2D eigenvalue weighted by Gasteiger charge is 2.10. The van der Waals surface area contributed by atoms with Crippen LogP contribution in [0, 0.1) is 6.92 Å². The zero-order valence-electron chi connectivity index (χ0n) is 12.5. The Bertz CT molecular complexity index is 844. The molecular weight excluding hydrogens is 328 g/mol. The fraction of sp³-hybridized carbons (Fsp3) is 0.111. The molecule has 23 heavy (non-hydrogen) atoms. The maximum Gasteiger partial charge on any atom is 0.251 e. The van der Waals surface area contributed by atoms with Gasteiger partial charge in [-0.2, -0.15) is 0 Å². The van der Waals surface area contributed by atoms with Crippen LogP contribution in [0.5, 0.6) is 0 Å². The van der Waals surface area contributed by atoms with Gasteiger partial charge in [0.2, 0.25) is 0 Å². The monoisotopic (exact) mass is 342 g/mol. The Morgan fingerprint density at radius 3 is 2.78 bits per heavy atom. The predicted octanol–water partition coefficient (Wildman–Crippen LogP) is 4.70. The summed E-state index contributed by atoms with van der Waals surface area (Å²) in [6.45, 7) is 2.42. The van der Waals surface area contributed by atoms with E-state index < -0.39 is 0 Å². The van der Waals surface area contributed by atoms with Crippen molar-refractivity contribution in [1.82, 2.24) is 10.3 Å². The third-order valence-electron chi connectivity index (χ3n) is 3.39. The third kappa shape index (κ3) is 3.78. The van der Waals surface area contributed by atoms with E-state index in [4.69, 9.17) is 11.6 Å². The van der Waals surface area contributed by atoms with Crippen molar-refractivity contribution in [2.75, 3.05) is 0 Å². The lowest BCUT2D eigenvalue weighted by Gasteiger charge is -2.09. The molecule has 5 heteroatoms. The predicted molar refractivity (Wildman–Crippen MR) is 94.9 cm³/mol. The lowest BCUT2D eigenvalue weighted by Crippen LogP contribution is -2.23. The van der Waals surface area contributed by atoms with E-state index in [2.05, 4.69) is 10.3 Å². The molecule has 0 aliphatic rings. The number of aromatic nitrogens is 1. The molecule has 116 valence electrons. The maximum absolute atomic E-state index is 12.2. The zero-order valence-corrected chi connectivity index (χ0v) is 14.1. The molecule has 0 unspecified atom stereocenters. The van der Waals surface area contributed by atoms with Crippen LogP contribution in [0.2, 0.25) is 5.02 Å². The van der Waals surface area contributed by atoms with Crippen LogP contribution in [-0.2, 0) is 6.54 Å². The molecule has 0 bridgehead atoms. The van der Waals surface area contributed by atoms with E-state index >= 15 is 0 Å². The van der Waals surface area contributed by atoms with E-state index in [0.29, 0.717) is 17.1 Å². The molecular formula is C18H15ClN2OS. The summed E-state index contributed by atoms with van der Waals surface area (Å²) in [4.78, 5) is 16.8. The van der Waals surface area contributed by atoms with Gasteiger partial charge >= 0.3 is 0 Å². The van der Waals surface area contributed by atoms with E-state index in [-0.39, 0.29) is 5.91 Å². The first kappa shape index (κ1) is 15.7. The molecule has 0 radical (unpaired) electrons. The Balaban J connectivity index is 1.77. The Hall–Kier alpha value is -2.17. The number of aryl methyl sites for hydroxylation is 1. The topological polar surface area (TPSA) is 42.0 Å². The molecule has 0 fully saturated rings. The normalized spacial score (nSPS) is 10.5. The number of carbonyl (C=O) groups is 1. The molecule has 0 saturated carbocycles. The smallest absolute Gasteiger partial charge is 0.251 e. The van der Waals surface area contributed by atoms with Gasteiger partial charge in [-0.3, -0.25) is 4.79 Å². The van der Waals surface area contributed by atoms with Crippen molar-refractivity contribution in [3.05, 3.63) is 75.8 Å². The number of rotatable bonds is 4. The van der Waals surface area contributed by atoms with Crippen molar-refractivity contribution in [3.63, 3.8) is 0 Å². The average Bonchev–Trinajstić information content (AvgIpc) is 2.99. The minimum Gasteiger partial charge on any atom is -0.348 e. The fourth-order valence-electron chi connectivity index (χ4n) is 2.27. The first-order valence-corrected chi connectivity index (χ1v) is 8.43. The number of halogens is 1. The van der Waals surface area contributed by atoms with E-state index in [1.807, 2.05) is 36.6 Å². The number of amides is 1. The summed E-state index contributed by atoms with van der Waals surface area (Å²) in [5.41, 5.74) is 3.65. The molecule has 1 aromatic heterocycles. The number of hydrogen-bond acceptors (Lipinski definition) is 3. The summed E-state index contributed by atoms with van der Waals surface area (Å²) in [6, 6.07) is 14.9. The Morgan fingerprint density at radius 2 is 2.04 bits per heavy atom. The first-order valence-electron chi connectivity index (χ1n) is 7.17. The van der Waals surface area contributed by atoms with E-state index in [1.165, 1.54) is 0 Å². The van der Waals surface area contributed by atoms with Crippen LogP contribution >= 0.6 is 22.9 Å². The second-order valence-corrected chi connectivity index (χ2v) is 6.44. The van der Waals surface area contributed by atoms with E-state index in [1.54, 1.807) is 35.6 Å². The van der Waals surface area contributed by atoms with Crippen molar-refractivity contribution < 1.29 is 4.79 Å². The van der Waals surface area contributed by atoms with Gasteiger partial charge in [0.25, 0.3) is 5.91 Å². The molecule has 2 aromatic carbocycles. The molecule has 0 spiro atoms. The molecule has 0 aliphatic carbocycles. The van der Waals surface area contributed by atoms with Crippen LogP contribution < -0.4 is 5.32 Å². The molecule has 3 rings (SSSR count). The summed E-state index contributed by atoms with van der Waals surface area (Å²) in [5.74, 6) is -0.141. The standard InChI is InChI=1S/C18H15ClN2OS/c1-12-11-23-18(21-12)16-8-3-2-5-14(16)10-20-17(22)13-6-4-7-15(19)9-13/h2-9,11H,10H2,1H3,(H,20,22). The fourth-order valence-corrected chi connectivity index (χ4v) is 3.32. The van der Waals surface area contributed by atoms with Crippen molar-refractivity contribution >= 4 is 28.8 Å². The largest absolute Gasteiger partial charge is 0.348 e. The molecule has 3 nitrogen and oxygen atoms in total. The zero-order chi connectivity index (χ0) is 16.2. The summed E-state index contributed by atoms with van der Waals surface area (Å²) < 4.78 is 0. The molecule has 1 amide bonds. The molecule has 1 heterocycles. The number of carbonyl (C=O) groups excluding carboxylic acids is 1. The van der Waals surface area contributed by atoms with Crippen LogP contribution in [0.4, 0.5) is 0 Å². The molecule has 0 saturated heterocycles. The Labute approximate surface area is 144 Å². The summed E-state index contributed by atoms with van der Waals surface area (Å²) in [5, 5.41) is 6.48. The highest BCUT2D eigenvalue weighted by molar-refractivity contribution is 7.13. The SMILES string of the molecule is Cc1csc(-c2ccccc2CNC(=O)c2cccc(Cl)c2)n1. The van der Waals surface area contributed by atoms with Crippen LogP contribution in [0.1, 0.15) is 21.6 Å². The summed E-state index contributed by atoms with van der Waals surface area (Å²) in [7, 11) is 0. The van der Waals surface area contributed by atoms with Gasteiger partial charge in [0.05, 0.1) is 0 Å². The number of hydrogen-bond donors (Lipinski definition) is 1. The maximum atomic E-state index is 12.2. The van der Waals surface area contributed by atoms with Crippen molar-refractivity contribution in [1.29, 1.82) is 0 Å². The van der Waals surface area contributed by atoms with Gasteiger partial charge in [0.15, 0.2) is 0 Å². The van der Waals surface area contributed by atoms with Crippen LogP contribution in [0.3, 0.4) is 0 Å². The van der Waals surface area contributed by atoms with Crippen molar-refractivity contribution in [3.8, 4) is 10.6 Å². The lowest BCUT2D eigenvalue weighted by molar-refractivity contribution is 0.0951. The van der Waals surface area contributed by atoms with Crippen molar-refractivity contribution in [2.45, 2.75) is 13.5 Å². The second-order valence-electron chi connectivity index (χ2n) is 5.14. The van der Waals surface area contributed by atoms with Crippen LogP contribution in [0.25, 0.3) is 10.6 Å². The lowest BCUT2D eigenvalue weighted by atomic mass is 10.1. The van der Waals surface area contributed by atoms with Crippen LogP contribution in [-0.4, -0.2) is 10.9 Å². The van der Waals surface area contributed by atoms with Gasteiger partial charge in [-0.1, -0.05) is 41.9 Å². The van der Waals surface area contributed by atoms with Gasteiger partial charge in [-0.15, -0.1) is 11.3 Å².